The molecule has 0 saturated heterocycles. The summed E-state index contributed by atoms with van der Waals surface area (Å²) in [5.41, 5.74) is 10.7. The number of hydrogen-bond donors (Lipinski definition) is 0. The summed E-state index contributed by atoms with van der Waals surface area (Å²) in [5.74, 6) is 6.71. The number of pyridine rings is 2. The first-order valence-corrected chi connectivity index (χ1v) is 26.3. The average molecular weight is 994 g/mol. The minimum Gasteiger partial charge on any atom is 0 e. The Bertz CT molecular complexity index is 2820. The van der Waals surface area contributed by atoms with Gasteiger partial charge in [0.15, 0.2) is 0 Å². The van der Waals surface area contributed by atoms with Crippen molar-refractivity contribution in [3.63, 3.8) is 0 Å². The van der Waals surface area contributed by atoms with Crippen molar-refractivity contribution in [1.29, 1.82) is 0 Å². The zero-order valence-corrected chi connectivity index (χ0v) is 37.1. The Hall–Kier alpha value is -4.86. The summed E-state index contributed by atoms with van der Waals surface area (Å²) in [6.07, 6.45) is 3.73. The molecule has 0 aliphatic rings. The fourth-order valence-corrected chi connectivity index (χ4v) is 10.6. The molecule has 281 valence electrons. The van der Waals surface area contributed by atoms with Gasteiger partial charge in [-0.15, -0.1) is 18.2 Å². The van der Waals surface area contributed by atoms with Crippen LogP contribution >= 0.6 is 11.3 Å². The molecular weight excluding hydrogens is 955 g/mol. The zero-order chi connectivity index (χ0) is 38.4. The van der Waals surface area contributed by atoms with Crippen molar-refractivity contribution >= 4 is 60.3 Å². The molecule has 5 aromatic carbocycles. The maximum Gasteiger partial charge on any atom is 0 e. The molecule has 0 aliphatic heterocycles. The van der Waals surface area contributed by atoms with Crippen molar-refractivity contribution in [3.05, 3.63) is 162 Å². The SMILES string of the molecule is Cc1cc(C)c(-n2c(-c3[c-]ccc4c3sc3nccc(-c5cc(F)cc(F)c5)c34)nc3ccccc32)c(C)c1.[CH3][Ge]([CH3])([CH3])[c]1ccc(-c2[c-]cccc2)nc1.[Ir]. The van der Waals surface area contributed by atoms with Gasteiger partial charge in [-0.25, -0.2) is 13.8 Å². The number of imidazole rings is 1. The predicted octanol–water partition coefficient (Wildman–Crippen LogP) is 12.2. The second-order valence-electron chi connectivity index (χ2n) is 14.9. The fourth-order valence-electron chi connectivity index (χ4n) is 7.27. The van der Waals surface area contributed by atoms with Gasteiger partial charge in [-0.1, -0.05) is 40.8 Å². The van der Waals surface area contributed by atoms with E-state index < -0.39 is 24.9 Å². The van der Waals surface area contributed by atoms with E-state index in [0.717, 1.165) is 82.4 Å². The van der Waals surface area contributed by atoms with E-state index >= 15 is 0 Å². The van der Waals surface area contributed by atoms with Crippen LogP contribution in [0.2, 0.25) is 17.3 Å². The van der Waals surface area contributed by atoms with E-state index in [0.29, 0.717) is 5.56 Å². The van der Waals surface area contributed by atoms with E-state index in [1.54, 1.807) is 17.5 Å². The Morgan fingerprint density at radius 2 is 1.48 bits per heavy atom. The van der Waals surface area contributed by atoms with Crippen LogP contribution in [0.15, 0.2) is 122 Å². The van der Waals surface area contributed by atoms with Crippen LogP contribution in [0.5, 0.6) is 0 Å². The van der Waals surface area contributed by atoms with E-state index in [2.05, 4.69) is 95.0 Å². The Labute approximate surface area is 346 Å². The molecule has 9 rings (SSSR count). The van der Waals surface area contributed by atoms with Crippen molar-refractivity contribution in [3.8, 4) is 39.5 Å². The number of halogens is 2. The number of aromatic nitrogens is 4. The maximum atomic E-state index is 14.2. The number of benzene rings is 5. The molecule has 0 saturated carbocycles. The number of hydrogen-bond acceptors (Lipinski definition) is 4. The number of aryl methyl sites for hydroxylation is 3. The molecule has 0 amide bonds. The van der Waals surface area contributed by atoms with E-state index in [4.69, 9.17) is 4.98 Å². The molecule has 4 nitrogen and oxygen atoms in total. The maximum absolute atomic E-state index is 14.2. The fraction of sp³-hybridized carbons (Fsp3) is 0.128. The third-order valence-corrected chi connectivity index (χ3v) is 15.2. The molecular formula is C47H38F2GeIrN4S-2. The molecule has 9 aromatic rings. The Morgan fingerprint density at radius 3 is 2.16 bits per heavy atom. The standard InChI is InChI=1S/C33H22F2N3S.C14H16GeN.Ir/c1-18-13-19(2)30(20(3)14-18)38-28-10-5-4-9-27(28)37-32(38)26-8-6-7-25-29-24(11-12-36-33(29)39-31(25)26)21-15-22(34)17-23(35)16-21;1-15(2,3)13-9-10-14(16-11-13)12-7-5-4-6-8-12;/h4-7,9-17H,1-3H3;4-7,9-11H,1-3H3;/q2*-1;. The minimum atomic E-state index is -1.72. The number of rotatable bonds is 5. The first-order chi connectivity index (χ1) is 26.5. The van der Waals surface area contributed by atoms with Crippen LogP contribution in [-0.4, -0.2) is 32.8 Å². The summed E-state index contributed by atoms with van der Waals surface area (Å²) in [5, 5.41) is 1.82. The second kappa shape index (κ2) is 15.9. The van der Waals surface area contributed by atoms with Crippen LogP contribution in [0.25, 0.3) is 70.8 Å². The smallest absolute Gasteiger partial charge is 0 e. The molecule has 0 atom stereocenters. The van der Waals surface area contributed by atoms with Crippen LogP contribution in [0.4, 0.5) is 8.78 Å². The summed E-state index contributed by atoms with van der Waals surface area (Å²) in [6.45, 7) is 6.37. The largest absolute Gasteiger partial charge is 0 e. The van der Waals surface area contributed by atoms with Crippen LogP contribution in [0.3, 0.4) is 0 Å². The zero-order valence-electron chi connectivity index (χ0n) is 31.8. The van der Waals surface area contributed by atoms with Gasteiger partial charge in [-0.3, -0.25) is 4.98 Å². The molecule has 0 fully saturated rings. The van der Waals surface area contributed by atoms with Crippen LogP contribution < -0.4 is 4.40 Å². The Morgan fingerprint density at radius 1 is 0.750 bits per heavy atom. The number of para-hydroxylation sites is 2. The summed E-state index contributed by atoms with van der Waals surface area (Å²) < 4.78 is 33.0. The number of fused-ring (bicyclic) bond motifs is 4. The Balaban J connectivity index is 0.000000238. The van der Waals surface area contributed by atoms with Gasteiger partial charge in [0.05, 0.1) is 16.9 Å². The molecule has 0 bridgehead atoms. The summed E-state index contributed by atoms with van der Waals surface area (Å²) in [4.78, 5) is 15.1. The topological polar surface area (TPSA) is 43.6 Å². The summed E-state index contributed by atoms with van der Waals surface area (Å²) >= 11 is -0.174. The van der Waals surface area contributed by atoms with Gasteiger partial charge in [-0.2, -0.15) is 11.3 Å². The number of thiophene rings is 1. The third kappa shape index (κ3) is 7.63. The van der Waals surface area contributed by atoms with Crippen molar-refractivity contribution in [1.82, 2.24) is 19.5 Å². The summed E-state index contributed by atoms with van der Waals surface area (Å²) in [6, 6.07) is 40.8. The predicted molar refractivity (Wildman–Crippen MR) is 227 cm³/mol. The van der Waals surface area contributed by atoms with Gasteiger partial charge < -0.3 is 4.57 Å². The third-order valence-electron chi connectivity index (χ3n) is 9.77. The van der Waals surface area contributed by atoms with Gasteiger partial charge in [0.25, 0.3) is 0 Å². The summed E-state index contributed by atoms with van der Waals surface area (Å²) in [7, 11) is 0. The first-order valence-electron chi connectivity index (χ1n) is 18.1. The molecule has 56 heavy (non-hydrogen) atoms. The normalized spacial score (nSPS) is 11.4. The van der Waals surface area contributed by atoms with Gasteiger partial charge >= 0.3 is 99.8 Å². The van der Waals surface area contributed by atoms with Crippen molar-refractivity contribution < 1.29 is 28.9 Å². The quantitative estimate of drug-likeness (QED) is 0.127. The van der Waals surface area contributed by atoms with Crippen LogP contribution in [0.1, 0.15) is 16.7 Å². The monoisotopic (exact) mass is 995 g/mol. The van der Waals surface area contributed by atoms with Gasteiger partial charge in [-0.05, 0) is 78.1 Å². The van der Waals surface area contributed by atoms with Crippen molar-refractivity contribution in [2.45, 2.75) is 38.0 Å². The van der Waals surface area contributed by atoms with Crippen molar-refractivity contribution in [2.75, 3.05) is 0 Å². The molecule has 1 radical (unpaired) electrons. The first kappa shape index (κ1) is 39.4. The second-order valence-corrected chi connectivity index (χ2v) is 26.5. The average Bonchev–Trinajstić information content (AvgIpc) is 3.73. The molecule has 0 unspecified atom stereocenters. The van der Waals surface area contributed by atoms with Gasteiger partial charge in [0.2, 0.25) is 0 Å². The molecule has 9 heteroatoms. The molecule has 4 aromatic heterocycles. The van der Waals surface area contributed by atoms with Gasteiger partial charge in [0, 0.05) is 43.4 Å². The van der Waals surface area contributed by atoms with E-state index in [-0.39, 0.29) is 20.1 Å². The van der Waals surface area contributed by atoms with Crippen LogP contribution in [-0.2, 0) is 20.1 Å². The van der Waals surface area contributed by atoms with E-state index in [9.17, 15) is 8.78 Å². The molecule has 0 N–H and O–H groups in total. The number of nitrogens with zero attached hydrogens (tertiary/aromatic N) is 4. The van der Waals surface area contributed by atoms with E-state index in [1.165, 1.54) is 22.1 Å². The van der Waals surface area contributed by atoms with E-state index in [1.807, 2.05) is 66.9 Å². The Kier molecular flexibility index (Phi) is 11.2. The molecule has 0 spiro atoms. The van der Waals surface area contributed by atoms with Crippen LogP contribution in [0, 0.1) is 44.5 Å². The molecule has 0 aliphatic carbocycles. The molecule has 4 heterocycles. The van der Waals surface area contributed by atoms with Crippen molar-refractivity contribution in [2.24, 2.45) is 0 Å². The van der Waals surface area contributed by atoms with Gasteiger partial charge in [0.1, 0.15) is 16.5 Å². The minimum absolute atomic E-state index is 0.